The maximum absolute atomic E-state index is 12.9. The van der Waals surface area contributed by atoms with E-state index in [1.807, 2.05) is 0 Å². The van der Waals surface area contributed by atoms with E-state index < -0.39 is 0 Å². The first-order chi connectivity index (χ1) is 11.2. The summed E-state index contributed by atoms with van der Waals surface area (Å²) in [5.74, 6) is 3.64. The second-order valence-electron chi connectivity index (χ2n) is 7.90. The molecule has 1 aromatic rings. The topological polar surface area (TPSA) is 53.9 Å². The minimum Gasteiger partial charge on any atom is -0.342 e. The van der Waals surface area contributed by atoms with Crippen LogP contribution in [-0.2, 0) is 4.79 Å². The molecule has 5 nitrogen and oxygen atoms in total. The fourth-order valence-electron chi connectivity index (χ4n) is 5.08. The van der Waals surface area contributed by atoms with Crippen LogP contribution in [0, 0.1) is 22.5 Å². The molecule has 0 bridgehead atoms. The van der Waals surface area contributed by atoms with E-state index in [1.54, 1.807) is 0 Å². The van der Waals surface area contributed by atoms with Crippen LogP contribution in [0.15, 0.2) is 0 Å². The number of hydrogen-bond acceptors (Lipinski definition) is 3. The van der Waals surface area contributed by atoms with Gasteiger partial charge in [-0.05, 0) is 62.6 Å². The molecule has 0 radical (unpaired) electrons. The highest BCUT2D eigenvalue weighted by atomic mass is 32.1. The van der Waals surface area contributed by atoms with Gasteiger partial charge in [0.05, 0.1) is 0 Å². The molecule has 1 N–H and O–H groups in total. The van der Waals surface area contributed by atoms with E-state index in [9.17, 15) is 4.79 Å². The van der Waals surface area contributed by atoms with E-state index in [0.29, 0.717) is 35.6 Å². The first-order valence-corrected chi connectivity index (χ1v) is 9.60. The smallest absolute Gasteiger partial charge is 0.226 e. The summed E-state index contributed by atoms with van der Waals surface area (Å²) in [6, 6.07) is 0.546. The van der Waals surface area contributed by atoms with Gasteiger partial charge in [0.1, 0.15) is 5.82 Å². The summed E-state index contributed by atoms with van der Waals surface area (Å²) in [5.41, 5.74) is 0. The van der Waals surface area contributed by atoms with E-state index >= 15 is 0 Å². The Morgan fingerprint density at radius 1 is 1.13 bits per heavy atom. The van der Waals surface area contributed by atoms with Crippen LogP contribution >= 0.6 is 12.2 Å². The van der Waals surface area contributed by atoms with E-state index in [-0.39, 0.29) is 0 Å². The number of nitrogens with one attached hydrogen (secondary N) is 1. The zero-order chi connectivity index (χ0) is 15.6. The Morgan fingerprint density at radius 2 is 1.91 bits per heavy atom. The third-order valence-electron chi connectivity index (χ3n) is 6.43. The highest BCUT2D eigenvalue weighted by Gasteiger charge is 2.57. The number of hydrogen-bond donors (Lipinski definition) is 1. The van der Waals surface area contributed by atoms with Gasteiger partial charge < -0.3 is 9.47 Å². The van der Waals surface area contributed by atoms with E-state index in [1.165, 1.54) is 32.1 Å². The summed E-state index contributed by atoms with van der Waals surface area (Å²) < 4.78 is 2.97. The Hall–Kier alpha value is -1.17. The lowest BCUT2D eigenvalue weighted by atomic mass is 9.96. The Balaban J connectivity index is 1.33. The number of amides is 1. The molecule has 0 spiro atoms. The van der Waals surface area contributed by atoms with Crippen LogP contribution in [0.5, 0.6) is 0 Å². The van der Waals surface area contributed by atoms with Gasteiger partial charge in [-0.2, -0.15) is 5.10 Å². The Bertz CT molecular complexity index is 681. The molecule has 2 heterocycles. The van der Waals surface area contributed by atoms with Crippen LogP contribution in [0.1, 0.15) is 62.7 Å². The SMILES string of the molecule is O=C(C1[C@H]2CCC[C@@H]12)N1CCC[C@@H](c2n[nH]c(=S)n2C2CC2)C1. The molecule has 5 rings (SSSR count). The monoisotopic (exact) mass is 332 g/mol. The van der Waals surface area contributed by atoms with E-state index in [2.05, 4.69) is 19.7 Å². The number of carbonyl (C=O) groups excluding carboxylic acids is 1. The highest BCUT2D eigenvalue weighted by molar-refractivity contribution is 7.71. The highest BCUT2D eigenvalue weighted by Crippen LogP contribution is 2.58. The number of likely N-dealkylation sites (tertiary alicyclic amines) is 1. The molecular formula is C17H24N4OS. The van der Waals surface area contributed by atoms with Gasteiger partial charge in [0.2, 0.25) is 5.91 Å². The Morgan fingerprint density at radius 3 is 2.65 bits per heavy atom. The average Bonchev–Trinajstić information content (AvgIpc) is 3.45. The number of carbonyl (C=O) groups is 1. The van der Waals surface area contributed by atoms with Gasteiger partial charge in [-0.1, -0.05) is 6.42 Å². The largest absolute Gasteiger partial charge is 0.342 e. The van der Waals surface area contributed by atoms with E-state index in [0.717, 1.165) is 36.5 Å². The van der Waals surface area contributed by atoms with Crippen molar-refractivity contribution >= 4 is 18.1 Å². The minimum atomic E-state index is 0.347. The zero-order valence-electron chi connectivity index (χ0n) is 13.4. The van der Waals surface area contributed by atoms with Crippen molar-refractivity contribution in [1.29, 1.82) is 0 Å². The predicted octanol–water partition coefficient (Wildman–Crippen LogP) is 3.03. The number of aromatic amines is 1. The lowest BCUT2D eigenvalue weighted by Gasteiger charge is -2.33. The van der Waals surface area contributed by atoms with Gasteiger partial charge in [0.15, 0.2) is 4.77 Å². The standard InChI is InChI=1S/C17H24N4OS/c22-16(14-12-4-1-5-13(12)14)20-8-2-3-10(9-20)15-18-19-17(23)21(15)11-6-7-11/h10-14H,1-9H2,(H,19,23)/t10-,12-,13+,14?/m1/s1. The molecular weight excluding hydrogens is 308 g/mol. The number of H-pyrrole nitrogens is 1. The summed E-state index contributed by atoms with van der Waals surface area (Å²) in [7, 11) is 0. The number of nitrogens with zero attached hydrogens (tertiary/aromatic N) is 3. The van der Waals surface area contributed by atoms with Crippen molar-refractivity contribution < 1.29 is 4.79 Å². The van der Waals surface area contributed by atoms with Gasteiger partial charge in [0, 0.05) is 31.0 Å². The van der Waals surface area contributed by atoms with Gasteiger partial charge in [-0.15, -0.1) is 0 Å². The maximum atomic E-state index is 12.9. The van der Waals surface area contributed by atoms with Crippen molar-refractivity contribution in [1.82, 2.24) is 19.7 Å². The first-order valence-electron chi connectivity index (χ1n) is 9.19. The molecule has 3 saturated carbocycles. The molecule has 1 unspecified atom stereocenters. The second kappa shape index (κ2) is 5.16. The van der Waals surface area contributed by atoms with Gasteiger partial charge >= 0.3 is 0 Å². The quantitative estimate of drug-likeness (QED) is 0.866. The lowest BCUT2D eigenvalue weighted by Crippen LogP contribution is -2.41. The molecule has 0 aromatic carbocycles. The average molecular weight is 332 g/mol. The molecule has 4 aliphatic rings. The number of rotatable bonds is 3. The molecule has 1 amide bonds. The Kier molecular flexibility index (Phi) is 3.19. The number of fused-ring (bicyclic) bond motifs is 1. The second-order valence-corrected chi connectivity index (χ2v) is 8.28. The Labute approximate surface area is 141 Å². The van der Waals surface area contributed by atoms with Crippen molar-refractivity contribution in [3.8, 4) is 0 Å². The van der Waals surface area contributed by atoms with E-state index in [4.69, 9.17) is 12.2 Å². The fraction of sp³-hybridized carbons (Fsp3) is 0.824. The van der Waals surface area contributed by atoms with Crippen LogP contribution < -0.4 is 0 Å². The summed E-state index contributed by atoms with van der Waals surface area (Å²) >= 11 is 5.41. The molecule has 23 heavy (non-hydrogen) atoms. The number of piperidine rings is 1. The van der Waals surface area contributed by atoms with Crippen molar-refractivity contribution in [2.45, 2.75) is 56.9 Å². The molecule has 1 aliphatic heterocycles. The lowest BCUT2D eigenvalue weighted by molar-refractivity contribution is -0.134. The van der Waals surface area contributed by atoms with Crippen LogP contribution in [-0.4, -0.2) is 38.7 Å². The molecule has 1 saturated heterocycles. The summed E-state index contributed by atoms with van der Waals surface area (Å²) in [5, 5.41) is 7.50. The summed E-state index contributed by atoms with van der Waals surface area (Å²) in [6.45, 7) is 1.76. The summed E-state index contributed by atoms with van der Waals surface area (Å²) in [4.78, 5) is 15.0. The normalized spacial score (nSPS) is 36.1. The van der Waals surface area contributed by atoms with Crippen LogP contribution in [0.3, 0.4) is 0 Å². The van der Waals surface area contributed by atoms with Crippen molar-refractivity contribution in [3.63, 3.8) is 0 Å². The summed E-state index contributed by atoms with van der Waals surface area (Å²) in [6.07, 6.45) is 8.51. The van der Waals surface area contributed by atoms with Crippen molar-refractivity contribution in [2.24, 2.45) is 17.8 Å². The minimum absolute atomic E-state index is 0.347. The third kappa shape index (κ3) is 2.29. The zero-order valence-corrected chi connectivity index (χ0v) is 14.2. The molecule has 4 atom stereocenters. The molecule has 3 aliphatic carbocycles. The third-order valence-corrected chi connectivity index (χ3v) is 6.72. The molecule has 124 valence electrons. The van der Waals surface area contributed by atoms with Crippen LogP contribution in [0.2, 0.25) is 0 Å². The molecule has 1 aromatic heterocycles. The number of aromatic nitrogens is 3. The predicted molar refractivity (Wildman–Crippen MR) is 88.6 cm³/mol. The first kappa shape index (κ1) is 14.2. The molecule has 4 fully saturated rings. The van der Waals surface area contributed by atoms with Crippen LogP contribution in [0.4, 0.5) is 0 Å². The fourth-order valence-corrected chi connectivity index (χ4v) is 5.37. The van der Waals surface area contributed by atoms with Gasteiger partial charge in [-0.25, -0.2) is 0 Å². The van der Waals surface area contributed by atoms with Crippen molar-refractivity contribution in [2.75, 3.05) is 13.1 Å². The van der Waals surface area contributed by atoms with Gasteiger partial charge in [0.25, 0.3) is 0 Å². The molecule has 6 heteroatoms. The van der Waals surface area contributed by atoms with Crippen molar-refractivity contribution in [3.05, 3.63) is 10.6 Å². The maximum Gasteiger partial charge on any atom is 0.226 e. The van der Waals surface area contributed by atoms with Crippen LogP contribution in [0.25, 0.3) is 0 Å². The van der Waals surface area contributed by atoms with Gasteiger partial charge in [-0.3, -0.25) is 9.89 Å².